The van der Waals surface area contributed by atoms with Crippen LogP contribution >= 0.6 is 11.6 Å². The van der Waals surface area contributed by atoms with Gasteiger partial charge in [0.05, 0.1) is 12.6 Å². The molecule has 0 saturated carbocycles. The van der Waals surface area contributed by atoms with Gasteiger partial charge in [-0.2, -0.15) is 5.10 Å². The van der Waals surface area contributed by atoms with Crippen LogP contribution in [0, 0.1) is 0 Å². The maximum absolute atomic E-state index is 12.7. The highest BCUT2D eigenvalue weighted by Gasteiger charge is 2.44. The summed E-state index contributed by atoms with van der Waals surface area (Å²) in [4.78, 5) is 14.7. The summed E-state index contributed by atoms with van der Waals surface area (Å²) in [7, 11) is 0. The number of H-pyrrole nitrogens is 1. The molecule has 23 heavy (non-hydrogen) atoms. The zero-order valence-corrected chi connectivity index (χ0v) is 13.8. The molecule has 1 saturated heterocycles. The van der Waals surface area contributed by atoms with E-state index < -0.39 is 0 Å². The summed E-state index contributed by atoms with van der Waals surface area (Å²) in [6, 6.07) is 7.55. The number of carbonyl (C=O) groups is 1. The van der Waals surface area contributed by atoms with Gasteiger partial charge in [-0.3, -0.25) is 9.89 Å². The van der Waals surface area contributed by atoms with Crippen LogP contribution in [0.1, 0.15) is 36.1 Å². The fraction of sp³-hybridized carbons (Fsp3) is 0.444. The Balaban J connectivity index is 1.49. The molecule has 1 spiro atoms. The number of piperidine rings is 1. The van der Waals surface area contributed by atoms with Gasteiger partial charge in [-0.05, 0) is 48.9 Å². The summed E-state index contributed by atoms with van der Waals surface area (Å²) in [5, 5.41) is 8.09. The molecule has 1 aromatic carbocycles. The highest BCUT2D eigenvalue weighted by molar-refractivity contribution is 6.30. The van der Waals surface area contributed by atoms with Crippen molar-refractivity contribution in [1.29, 1.82) is 0 Å². The Morgan fingerprint density at radius 2 is 2.13 bits per heavy atom. The maximum Gasteiger partial charge on any atom is 0.227 e. The third kappa shape index (κ3) is 2.65. The number of nitrogens with zero attached hydrogens (tertiary/aromatic N) is 2. The second-order valence-electron chi connectivity index (χ2n) is 6.77. The lowest BCUT2D eigenvalue weighted by molar-refractivity contribution is -0.132. The molecule has 1 aliphatic carbocycles. The molecular weight excluding hydrogens is 310 g/mol. The Bertz CT molecular complexity index is 724. The highest BCUT2D eigenvalue weighted by Crippen LogP contribution is 2.43. The van der Waals surface area contributed by atoms with Crippen LogP contribution in [0.25, 0.3) is 0 Å². The van der Waals surface area contributed by atoms with Crippen LogP contribution in [0.2, 0.25) is 5.02 Å². The molecule has 2 aromatic rings. The molecule has 2 aliphatic rings. The zero-order chi connectivity index (χ0) is 15.9. The van der Waals surface area contributed by atoms with Gasteiger partial charge in [0.2, 0.25) is 5.91 Å². The predicted octanol–water partition coefficient (Wildman–Crippen LogP) is 3.11. The van der Waals surface area contributed by atoms with Crippen LogP contribution in [0.5, 0.6) is 0 Å². The highest BCUT2D eigenvalue weighted by atomic mass is 35.5. The first-order valence-corrected chi connectivity index (χ1v) is 8.59. The molecule has 1 fully saturated rings. The van der Waals surface area contributed by atoms with Gasteiger partial charge in [-0.1, -0.05) is 23.7 Å². The van der Waals surface area contributed by atoms with E-state index in [0.29, 0.717) is 11.4 Å². The lowest BCUT2D eigenvalue weighted by Crippen LogP contribution is -2.48. The number of carbonyl (C=O) groups excluding carboxylic acids is 1. The number of hydrogen-bond donors (Lipinski definition) is 1. The van der Waals surface area contributed by atoms with Crippen molar-refractivity contribution in [3.05, 3.63) is 52.3 Å². The lowest BCUT2D eigenvalue weighted by Gasteiger charge is -2.40. The van der Waals surface area contributed by atoms with Crippen LogP contribution < -0.4 is 0 Å². The average molecular weight is 330 g/mol. The fourth-order valence-electron chi connectivity index (χ4n) is 4.10. The normalized spacial score (nSPS) is 23.3. The lowest BCUT2D eigenvalue weighted by atomic mass is 9.77. The fourth-order valence-corrected chi connectivity index (χ4v) is 4.23. The molecule has 1 amide bonds. The second-order valence-corrected chi connectivity index (χ2v) is 7.21. The van der Waals surface area contributed by atoms with Gasteiger partial charge in [-0.15, -0.1) is 0 Å². The molecule has 4 nitrogen and oxygen atoms in total. The van der Waals surface area contributed by atoms with Crippen molar-refractivity contribution in [2.24, 2.45) is 0 Å². The first-order chi connectivity index (χ1) is 11.2. The monoisotopic (exact) mass is 329 g/mol. The number of aromatic nitrogens is 2. The van der Waals surface area contributed by atoms with E-state index in [1.54, 1.807) is 0 Å². The van der Waals surface area contributed by atoms with Gasteiger partial charge in [0.25, 0.3) is 0 Å². The number of amides is 1. The molecule has 0 radical (unpaired) electrons. The third-order valence-corrected chi connectivity index (χ3v) is 5.57. The molecule has 1 N–H and O–H groups in total. The zero-order valence-electron chi connectivity index (χ0n) is 13.0. The molecule has 2 heterocycles. The Morgan fingerprint density at radius 3 is 2.96 bits per heavy atom. The molecule has 1 aromatic heterocycles. The van der Waals surface area contributed by atoms with Crippen LogP contribution in [0.3, 0.4) is 0 Å². The van der Waals surface area contributed by atoms with Crippen molar-refractivity contribution in [1.82, 2.24) is 15.1 Å². The molecule has 120 valence electrons. The number of hydrogen-bond acceptors (Lipinski definition) is 2. The first-order valence-electron chi connectivity index (χ1n) is 8.21. The number of fused-ring (bicyclic) bond motifs is 2. The smallest absolute Gasteiger partial charge is 0.227 e. The minimum Gasteiger partial charge on any atom is -0.341 e. The summed E-state index contributed by atoms with van der Waals surface area (Å²) in [6.07, 6.45) is 6.80. The van der Waals surface area contributed by atoms with Crippen molar-refractivity contribution < 1.29 is 4.79 Å². The molecule has 1 atom stereocenters. The topological polar surface area (TPSA) is 49.0 Å². The van der Waals surface area contributed by atoms with E-state index in [0.717, 1.165) is 44.3 Å². The van der Waals surface area contributed by atoms with Crippen molar-refractivity contribution in [2.75, 3.05) is 13.1 Å². The van der Waals surface area contributed by atoms with E-state index in [1.165, 1.54) is 11.3 Å². The molecule has 1 aliphatic heterocycles. The number of likely N-dealkylation sites (tertiary alicyclic amines) is 1. The second kappa shape index (κ2) is 5.68. The van der Waals surface area contributed by atoms with Gasteiger partial charge < -0.3 is 4.90 Å². The van der Waals surface area contributed by atoms with E-state index in [2.05, 4.69) is 10.2 Å². The Labute approximate surface area is 140 Å². The van der Waals surface area contributed by atoms with E-state index in [1.807, 2.05) is 35.4 Å². The molecule has 0 bridgehead atoms. The van der Waals surface area contributed by atoms with Crippen LogP contribution in [-0.2, 0) is 23.1 Å². The number of halogens is 1. The minimum absolute atomic E-state index is 0.0970. The van der Waals surface area contributed by atoms with Crippen molar-refractivity contribution in [3.63, 3.8) is 0 Å². The van der Waals surface area contributed by atoms with E-state index in [4.69, 9.17) is 11.6 Å². The SMILES string of the molecule is O=C(Cc1ccc(Cl)cc1)N1CCCC2(CCc3cn[nH]c32)C1. The summed E-state index contributed by atoms with van der Waals surface area (Å²) in [6.45, 7) is 1.67. The summed E-state index contributed by atoms with van der Waals surface area (Å²) in [5.74, 6) is 0.208. The summed E-state index contributed by atoms with van der Waals surface area (Å²) >= 11 is 5.91. The number of aromatic amines is 1. The quantitative estimate of drug-likeness (QED) is 0.920. The number of rotatable bonds is 2. The molecule has 4 rings (SSSR count). The van der Waals surface area contributed by atoms with Crippen LogP contribution in [-0.4, -0.2) is 34.1 Å². The summed E-state index contributed by atoms with van der Waals surface area (Å²) in [5.41, 5.74) is 3.71. The van der Waals surface area contributed by atoms with Crippen molar-refractivity contribution >= 4 is 17.5 Å². The molecule has 5 heteroatoms. The van der Waals surface area contributed by atoms with Crippen molar-refractivity contribution in [3.8, 4) is 0 Å². The number of nitrogens with one attached hydrogen (secondary N) is 1. The molecule has 1 unspecified atom stereocenters. The molecular formula is C18H20ClN3O. The van der Waals surface area contributed by atoms with E-state index >= 15 is 0 Å². The first kappa shape index (κ1) is 14.8. The van der Waals surface area contributed by atoms with Crippen LogP contribution in [0.15, 0.2) is 30.5 Å². The number of benzene rings is 1. The van der Waals surface area contributed by atoms with Crippen molar-refractivity contribution in [2.45, 2.75) is 37.5 Å². The third-order valence-electron chi connectivity index (χ3n) is 5.32. The number of aryl methyl sites for hydroxylation is 1. The maximum atomic E-state index is 12.7. The van der Waals surface area contributed by atoms with E-state index in [-0.39, 0.29) is 11.3 Å². The van der Waals surface area contributed by atoms with Gasteiger partial charge in [-0.25, -0.2) is 0 Å². The van der Waals surface area contributed by atoms with Gasteiger partial charge in [0, 0.05) is 29.2 Å². The standard InChI is InChI=1S/C18H20ClN3O/c19-15-4-2-13(3-5-15)10-16(23)22-9-1-7-18(12-22)8-6-14-11-20-21-17(14)18/h2-5,11H,1,6-10,12H2,(H,20,21). The Morgan fingerprint density at radius 1 is 1.30 bits per heavy atom. The average Bonchev–Trinajstić information content (AvgIpc) is 3.15. The summed E-state index contributed by atoms with van der Waals surface area (Å²) < 4.78 is 0. The largest absolute Gasteiger partial charge is 0.341 e. The van der Waals surface area contributed by atoms with E-state index in [9.17, 15) is 4.79 Å². The van der Waals surface area contributed by atoms with Gasteiger partial charge in [0.1, 0.15) is 0 Å². The predicted molar refractivity (Wildman–Crippen MR) is 89.6 cm³/mol. The minimum atomic E-state index is 0.0970. The van der Waals surface area contributed by atoms with Crippen LogP contribution in [0.4, 0.5) is 0 Å². The van der Waals surface area contributed by atoms with Gasteiger partial charge >= 0.3 is 0 Å². The Hall–Kier alpha value is -1.81. The van der Waals surface area contributed by atoms with Gasteiger partial charge in [0.15, 0.2) is 0 Å². The Kier molecular flexibility index (Phi) is 3.64.